The number of fused-ring (bicyclic) bond motifs is 1. The zero-order valence-electron chi connectivity index (χ0n) is 11.4. The number of aromatic nitrogens is 3. The minimum Gasteiger partial charge on any atom is -0.456 e. The smallest absolute Gasteiger partial charge is 0.306 e. The predicted molar refractivity (Wildman–Crippen MR) is 76.8 cm³/mol. The summed E-state index contributed by atoms with van der Waals surface area (Å²) in [5.41, 5.74) is 0.965. The number of ether oxygens (including phenoxy) is 1. The molecule has 0 spiro atoms. The molecule has 0 aliphatic carbocycles. The topological polar surface area (TPSA) is 78.1 Å². The molecule has 6 nitrogen and oxygen atoms in total. The molecule has 0 fully saturated rings. The van der Waals surface area contributed by atoms with Crippen molar-refractivity contribution in [1.82, 2.24) is 15.1 Å². The van der Waals surface area contributed by atoms with Crippen molar-refractivity contribution >= 4 is 27.5 Å². The molecular formula is C14H13N3O3S. The Bertz CT molecular complexity index is 733. The van der Waals surface area contributed by atoms with Gasteiger partial charge in [-0.1, -0.05) is 17.3 Å². The number of hydrogen-bond donors (Lipinski definition) is 0. The van der Waals surface area contributed by atoms with Crippen molar-refractivity contribution in [2.24, 2.45) is 0 Å². The van der Waals surface area contributed by atoms with E-state index in [1.54, 1.807) is 18.3 Å². The number of esters is 1. The molecule has 2 heterocycles. The molecule has 0 N–H and O–H groups in total. The van der Waals surface area contributed by atoms with E-state index in [1.807, 2.05) is 24.3 Å². The van der Waals surface area contributed by atoms with Crippen LogP contribution in [0.5, 0.6) is 0 Å². The van der Waals surface area contributed by atoms with Crippen LogP contribution < -0.4 is 0 Å². The van der Waals surface area contributed by atoms with Crippen molar-refractivity contribution in [3.63, 3.8) is 0 Å². The van der Waals surface area contributed by atoms with E-state index < -0.39 is 0 Å². The predicted octanol–water partition coefficient (Wildman–Crippen LogP) is 2.66. The molecule has 0 unspecified atom stereocenters. The normalized spacial score (nSPS) is 10.9. The maximum absolute atomic E-state index is 11.7. The lowest BCUT2D eigenvalue weighted by Gasteiger charge is -2.00. The lowest BCUT2D eigenvalue weighted by atomic mass is 10.3. The van der Waals surface area contributed by atoms with Crippen LogP contribution in [0, 0.1) is 6.92 Å². The van der Waals surface area contributed by atoms with E-state index in [9.17, 15) is 4.79 Å². The maximum atomic E-state index is 11.7. The second-order valence-electron chi connectivity index (χ2n) is 4.47. The SMILES string of the molecule is Cc1noc(COC(=O)CCc2nc3ccccc3s2)n1. The molecule has 7 heteroatoms. The molecule has 1 aromatic carbocycles. The van der Waals surface area contributed by atoms with E-state index in [0.29, 0.717) is 18.1 Å². The van der Waals surface area contributed by atoms with Crippen LogP contribution in [0.25, 0.3) is 10.2 Å². The highest BCUT2D eigenvalue weighted by Gasteiger charge is 2.10. The van der Waals surface area contributed by atoms with E-state index >= 15 is 0 Å². The van der Waals surface area contributed by atoms with E-state index in [0.717, 1.165) is 15.2 Å². The van der Waals surface area contributed by atoms with Gasteiger partial charge in [0.25, 0.3) is 5.89 Å². The molecule has 108 valence electrons. The third-order valence-electron chi connectivity index (χ3n) is 2.81. The Morgan fingerprint density at radius 3 is 2.95 bits per heavy atom. The lowest BCUT2D eigenvalue weighted by Crippen LogP contribution is -2.06. The molecule has 0 saturated carbocycles. The molecule has 0 saturated heterocycles. The molecule has 21 heavy (non-hydrogen) atoms. The Balaban J connectivity index is 1.51. The molecule has 0 amide bonds. The number of aryl methyl sites for hydroxylation is 2. The minimum absolute atomic E-state index is 0.0134. The number of carbonyl (C=O) groups is 1. The number of carbonyl (C=O) groups excluding carboxylic acids is 1. The number of hydrogen-bond acceptors (Lipinski definition) is 7. The van der Waals surface area contributed by atoms with Crippen LogP contribution in [0.2, 0.25) is 0 Å². The number of para-hydroxylation sites is 1. The summed E-state index contributed by atoms with van der Waals surface area (Å²) in [5.74, 6) is 0.529. The van der Waals surface area contributed by atoms with Gasteiger partial charge in [-0.05, 0) is 19.1 Å². The summed E-state index contributed by atoms with van der Waals surface area (Å²) in [6.45, 7) is 1.72. The molecule has 0 aliphatic heterocycles. The van der Waals surface area contributed by atoms with Gasteiger partial charge in [-0.3, -0.25) is 4.79 Å². The molecular weight excluding hydrogens is 290 g/mol. The van der Waals surface area contributed by atoms with Gasteiger partial charge in [0.15, 0.2) is 12.4 Å². The molecule has 0 radical (unpaired) electrons. The van der Waals surface area contributed by atoms with Gasteiger partial charge < -0.3 is 9.26 Å². The van der Waals surface area contributed by atoms with E-state index in [1.165, 1.54) is 0 Å². The molecule has 0 bridgehead atoms. The van der Waals surface area contributed by atoms with Crippen molar-refractivity contribution in [3.05, 3.63) is 41.0 Å². The quantitative estimate of drug-likeness (QED) is 0.674. The number of rotatable bonds is 5. The van der Waals surface area contributed by atoms with Gasteiger partial charge in [-0.15, -0.1) is 11.3 Å². The lowest BCUT2D eigenvalue weighted by molar-refractivity contribution is -0.145. The van der Waals surface area contributed by atoms with Crippen molar-refractivity contribution in [2.75, 3.05) is 0 Å². The van der Waals surface area contributed by atoms with Crippen molar-refractivity contribution in [3.8, 4) is 0 Å². The highest BCUT2D eigenvalue weighted by atomic mass is 32.1. The Labute approximate surface area is 124 Å². The monoisotopic (exact) mass is 303 g/mol. The van der Waals surface area contributed by atoms with E-state index in [4.69, 9.17) is 9.26 Å². The van der Waals surface area contributed by atoms with Crippen LogP contribution >= 0.6 is 11.3 Å². The molecule has 0 atom stereocenters. The van der Waals surface area contributed by atoms with Crippen LogP contribution in [-0.2, 0) is 22.6 Å². The Morgan fingerprint density at radius 2 is 2.19 bits per heavy atom. The first-order chi connectivity index (χ1) is 10.2. The standard InChI is InChI=1S/C14H13N3O3S/c1-9-15-12(20-17-9)8-19-14(18)7-6-13-16-10-4-2-3-5-11(10)21-13/h2-5H,6-8H2,1H3. The third-order valence-corrected chi connectivity index (χ3v) is 3.90. The van der Waals surface area contributed by atoms with Crippen LogP contribution in [0.3, 0.4) is 0 Å². The number of nitrogens with zero attached hydrogens (tertiary/aromatic N) is 3. The molecule has 0 aliphatic rings. The minimum atomic E-state index is -0.301. The van der Waals surface area contributed by atoms with Gasteiger partial charge >= 0.3 is 5.97 Å². The molecule has 3 aromatic rings. The zero-order chi connectivity index (χ0) is 14.7. The second-order valence-corrected chi connectivity index (χ2v) is 5.59. The summed E-state index contributed by atoms with van der Waals surface area (Å²) in [5, 5.41) is 4.56. The summed E-state index contributed by atoms with van der Waals surface area (Å²) < 4.78 is 11.1. The zero-order valence-corrected chi connectivity index (χ0v) is 12.2. The van der Waals surface area contributed by atoms with E-state index in [-0.39, 0.29) is 19.0 Å². The van der Waals surface area contributed by atoms with Gasteiger partial charge in [0, 0.05) is 6.42 Å². The van der Waals surface area contributed by atoms with Crippen LogP contribution in [-0.4, -0.2) is 21.1 Å². The van der Waals surface area contributed by atoms with Crippen molar-refractivity contribution in [2.45, 2.75) is 26.4 Å². The largest absolute Gasteiger partial charge is 0.456 e. The maximum Gasteiger partial charge on any atom is 0.306 e. The fourth-order valence-corrected chi connectivity index (χ4v) is 2.82. The van der Waals surface area contributed by atoms with Gasteiger partial charge in [0.05, 0.1) is 21.6 Å². The highest BCUT2D eigenvalue weighted by Crippen LogP contribution is 2.22. The first-order valence-electron chi connectivity index (χ1n) is 6.50. The summed E-state index contributed by atoms with van der Waals surface area (Å²) >= 11 is 1.60. The number of benzene rings is 1. The summed E-state index contributed by atoms with van der Waals surface area (Å²) in [6, 6.07) is 7.91. The van der Waals surface area contributed by atoms with Gasteiger partial charge in [0.2, 0.25) is 0 Å². The summed E-state index contributed by atoms with van der Waals surface area (Å²) in [6.07, 6.45) is 0.855. The van der Waals surface area contributed by atoms with E-state index in [2.05, 4.69) is 15.1 Å². The Morgan fingerprint density at radius 1 is 1.33 bits per heavy atom. The molecule has 3 rings (SSSR count). The third kappa shape index (κ3) is 3.43. The van der Waals surface area contributed by atoms with Crippen LogP contribution in [0.1, 0.15) is 23.1 Å². The van der Waals surface area contributed by atoms with Crippen molar-refractivity contribution < 1.29 is 14.1 Å². The fourth-order valence-electron chi connectivity index (χ4n) is 1.85. The van der Waals surface area contributed by atoms with Gasteiger partial charge in [-0.2, -0.15) is 4.98 Å². The Kier molecular flexibility index (Phi) is 3.92. The average Bonchev–Trinajstić information content (AvgIpc) is 3.08. The summed E-state index contributed by atoms with van der Waals surface area (Å²) in [7, 11) is 0. The van der Waals surface area contributed by atoms with Crippen LogP contribution in [0.15, 0.2) is 28.8 Å². The van der Waals surface area contributed by atoms with Gasteiger partial charge in [-0.25, -0.2) is 4.98 Å². The Hall–Kier alpha value is -2.28. The first-order valence-corrected chi connectivity index (χ1v) is 7.31. The molecule has 2 aromatic heterocycles. The van der Waals surface area contributed by atoms with Crippen LogP contribution in [0.4, 0.5) is 0 Å². The highest BCUT2D eigenvalue weighted by molar-refractivity contribution is 7.18. The fraction of sp³-hybridized carbons (Fsp3) is 0.286. The van der Waals surface area contributed by atoms with Crippen molar-refractivity contribution in [1.29, 1.82) is 0 Å². The number of thiazole rings is 1. The second kappa shape index (κ2) is 6.01. The first kappa shape index (κ1) is 13.7. The van der Waals surface area contributed by atoms with Gasteiger partial charge in [0.1, 0.15) is 0 Å². The summed E-state index contributed by atoms with van der Waals surface area (Å²) in [4.78, 5) is 20.1. The average molecular weight is 303 g/mol.